The lowest BCUT2D eigenvalue weighted by Gasteiger charge is -2.18. The lowest BCUT2D eigenvalue weighted by atomic mass is 10.0. The Hall–Kier alpha value is -4.05. The smallest absolute Gasteiger partial charge is 0.340 e. The Morgan fingerprint density at radius 3 is 2.53 bits per heavy atom. The maximum Gasteiger partial charge on any atom is 0.393 e. The molecule has 0 amide bonds. The molecular formula is C26H24F3N7. The normalized spacial score (nSPS) is 12.1. The second-order valence-corrected chi connectivity index (χ2v) is 8.78. The number of imidazole rings is 1. The second kappa shape index (κ2) is 9.54. The molecule has 4 heterocycles. The molecule has 0 saturated heterocycles. The first-order valence-corrected chi connectivity index (χ1v) is 11.4. The van der Waals surface area contributed by atoms with E-state index in [0.717, 1.165) is 28.3 Å². The van der Waals surface area contributed by atoms with Crippen molar-refractivity contribution in [3.63, 3.8) is 0 Å². The van der Waals surface area contributed by atoms with E-state index >= 15 is 0 Å². The van der Waals surface area contributed by atoms with Gasteiger partial charge in [-0.2, -0.15) is 18.3 Å². The number of aromatic nitrogens is 6. The van der Waals surface area contributed by atoms with Crippen molar-refractivity contribution in [2.75, 3.05) is 7.05 Å². The summed E-state index contributed by atoms with van der Waals surface area (Å²) in [6, 6.07) is 16.2. The van der Waals surface area contributed by atoms with Gasteiger partial charge in [0.15, 0.2) is 5.65 Å². The fraction of sp³-hybridized carbons (Fsp3) is 0.231. The minimum Gasteiger partial charge on any atom is -0.340 e. The summed E-state index contributed by atoms with van der Waals surface area (Å²) in [5, 5.41) is 4.22. The summed E-state index contributed by atoms with van der Waals surface area (Å²) in [6.45, 7) is 2.68. The number of nitrogens with one attached hydrogen (secondary N) is 1. The molecule has 0 atom stereocenters. The Balaban J connectivity index is 1.46. The molecule has 0 spiro atoms. The average molecular weight is 492 g/mol. The van der Waals surface area contributed by atoms with E-state index in [2.05, 4.69) is 20.1 Å². The maximum absolute atomic E-state index is 13.0. The van der Waals surface area contributed by atoms with Crippen LogP contribution in [0.2, 0.25) is 0 Å². The number of fused-ring (bicyclic) bond motifs is 1. The highest BCUT2D eigenvalue weighted by molar-refractivity contribution is 5.77. The molecule has 4 aromatic heterocycles. The molecule has 7 nitrogen and oxygen atoms in total. The molecule has 1 N–H and O–H groups in total. The molecule has 0 aliphatic heterocycles. The summed E-state index contributed by atoms with van der Waals surface area (Å²) in [5.74, 6) is 0.679. The topological polar surface area (TPSA) is 75.0 Å². The summed E-state index contributed by atoms with van der Waals surface area (Å²) < 4.78 is 40.8. The molecule has 36 heavy (non-hydrogen) atoms. The predicted octanol–water partition coefficient (Wildman–Crippen LogP) is 5.23. The number of pyridine rings is 2. The lowest BCUT2D eigenvalue weighted by Crippen LogP contribution is -2.20. The fourth-order valence-electron chi connectivity index (χ4n) is 4.23. The van der Waals surface area contributed by atoms with E-state index in [9.17, 15) is 13.2 Å². The van der Waals surface area contributed by atoms with Crippen molar-refractivity contribution >= 4 is 5.65 Å². The number of aryl methyl sites for hydroxylation is 1. The quantitative estimate of drug-likeness (QED) is 0.338. The largest absolute Gasteiger partial charge is 0.393 e. The average Bonchev–Trinajstić information content (AvgIpc) is 3.46. The van der Waals surface area contributed by atoms with Crippen molar-refractivity contribution in [1.29, 1.82) is 0 Å². The van der Waals surface area contributed by atoms with Crippen LogP contribution >= 0.6 is 0 Å². The third-order valence-corrected chi connectivity index (χ3v) is 5.82. The molecule has 0 bridgehead atoms. The van der Waals surface area contributed by atoms with E-state index in [1.807, 2.05) is 55.4 Å². The highest BCUT2D eigenvalue weighted by Gasteiger charge is 2.28. The third-order valence-electron chi connectivity index (χ3n) is 5.82. The zero-order valence-electron chi connectivity index (χ0n) is 19.8. The molecule has 10 heteroatoms. The number of benzene rings is 1. The molecule has 184 valence electrons. The molecule has 5 rings (SSSR count). The Kier molecular flexibility index (Phi) is 6.27. The molecule has 0 fully saturated rings. The Morgan fingerprint density at radius 2 is 1.75 bits per heavy atom. The molecule has 0 aliphatic rings. The Labute approximate surface area is 205 Å². The van der Waals surface area contributed by atoms with Crippen LogP contribution in [0, 0.1) is 6.92 Å². The first-order chi connectivity index (χ1) is 17.2. The molecular weight excluding hydrogens is 467 g/mol. The number of nitrogens with zero attached hydrogens (tertiary/aromatic N) is 6. The maximum atomic E-state index is 13.0. The standard InChI is InChI=1S/C26H24F3N7/c1-17-6-5-9-21(32-17)25-24(20-10-11-23-30-16-31-36(23)14-20)33-22(34-25)15-35(2)13-19-8-4-3-7-18(19)12-26(27,28)29/h3-11,14,16H,12-13,15H2,1-2H3,(H,33,34). The van der Waals surface area contributed by atoms with E-state index in [1.165, 1.54) is 12.4 Å². The minimum atomic E-state index is -4.26. The van der Waals surface area contributed by atoms with Crippen LogP contribution < -0.4 is 0 Å². The van der Waals surface area contributed by atoms with Gasteiger partial charge >= 0.3 is 6.18 Å². The summed E-state index contributed by atoms with van der Waals surface area (Å²) >= 11 is 0. The summed E-state index contributed by atoms with van der Waals surface area (Å²) in [7, 11) is 1.86. The van der Waals surface area contributed by atoms with Crippen LogP contribution in [0.3, 0.4) is 0 Å². The van der Waals surface area contributed by atoms with Crippen LogP contribution in [-0.2, 0) is 19.5 Å². The highest BCUT2D eigenvalue weighted by Crippen LogP contribution is 2.30. The van der Waals surface area contributed by atoms with Gasteiger partial charge in [0.25, 0.3) is 0 Å². The van der Waals surface area contributed by atoms with Crippen molar-refractivity contribution in [2.24, 2.45) is 0 Å². The van der Waals surface area contributed by atoms with Crippen LogP contribution in [0.25, 0.3) is 28.3 Å². The number of H-pyrrole nitrogens is 1. The van der Waals surface area contributed by atoms with E-state index in [-0.39, 0.29) is 5.56 Å². The predicted molar refractivity (Wildman–Crippen MR) is 130 cm³/mol. The van der Waals surface area contributed by atoms with E-state index in [0.29, 0.717) is 30.2 Å². The molecule has 0 unspecified atom stereocenters. The van der Waals surface area contributed by atoms with Gasteiger partial charge in [-0.3, -0.25) is 9.88 Å². The van der Waals surface area contributed by atoms with Crippen molar-refractivity contribution in [1.82, 2.24) is 34.4 Å². The lowest BCUT2D eigenvalue weighted by molar-refractivity contribution is -0.127. The number of halogens is 3. The number of hydrogen-bond acceptors (Lipinski definition) is 5. The van der Waals surface area contributed by atoms with Gasteiger partial charge in [0.1, 0.15) is 17.8 Å². The van der Waals surface area contributed by atoms with Crippen molar-refractivity contribution < 1.29 is 13.2 Å². The Morgan fingerprint density at radius 1 is 0.944 bits per heavy atom. The third kappa shape index (κ3) is 5.28. The number of aromatic amines is 1. The highest BCUT2D eigenvalue weighted by atomic mass is 19.4. The summed E-state index contributed by atoms with van der Waals surface area (Å²) in [6.07, 6.45) is -1.84. The van der Waals surface area contributed by atoms with Crippen LogP contribution in [0.5, 0.6) is 0 Å². The van der Waals surface area contributed by atoms with Gasteiger partial charge in [0.05, 0.1) is 24.4 Å². The molecule has 0 radical (unpaired) electrons. The zero-order chi connectivity index (χ0) is 25.3. The van der Waals surface area contributed by atoms with E-state index in [4.69, 9.17) is 4.98 Å². The van der Waals surface area contributed by atoms with Gasteiger partial charge in [-0.15, -0.1) is 0 Å². The van der Waals surface area contributed by atoms with Crippen LogP contribution in [0.4, 0.5) is 13.2 Å². The molecule has 0 aliphatic carbocycles. The SMILES string of the molecule is Cc1cccc(-c2nc(CN(C)Cc3ccccc3CC(F)(F)F)[nH]c2-c2ccc3ncnn3c2)n1. The van der Waals surface area contributed by atoms with Gasteiger partial charge in [0.2, 0.25) is 0 Å². The molecule has 5 aromatic rings. The van der Waals surface area contributed by atoms with Crippen molar-refractivity contribution in [3.05, 3.63) is 89.8 Å². The van der Waals surface area contributed by atoms with Crippen molar-refractivity contribution in [3.8, 4) is 22.6 Å². The fourth-order valence-corrected chi connectivity index (χ4v) is 4.23. The second-order valence-electron chi connectivity index (χ2n) is 8.78. The van der Waals surface area contributed by atoms with Gasteiger partial charge in [-0.1, -0.05) is 30.3 Å². The first-order valence-electron chi connectivity index (χ1n) is 11.4. The first kappa shape index (κ1) is 23.7. The van der Waals surface area contributed by atoms with Gasteiger partial charge in [-0.25, -0.2) is 14.5 Å². The van der Waals surface area contributed by atoms with E-state index in [1.54, 1.807) is 22.7 Å². The monoisotopic (exact) mass is 491 g/mol. The van der Waals surface area contributed by atoms with E-state index < -0.39 is 12.6 Å². The number of hydrogen-bond donors (Lipinski definition) is 1. The summed E-state index contributed by atoms with van der Waals surface area (Å²) in [4.78, 5) is 19.0. The van der Waals surface area contributed by atoms with Gasteiger partial charge in [0, 0.05) is 24.0 Å². The molecule has 1 aromatic carbocycles. The minimum absolute atomic E-state index is 0.280. The van der Waals surface area contributed by atoms with Crippen LogP contribution in [-0.4, -0.2) is 47.7 Å². The number of alkyl halides is 3. The summed E-state index contributed by atoms with van der Waals surface area (Å²) in [5.41, 5.74) is 5.58. The van der Waals surface area contributed by atoms with Crippen LogP contribution in [0.1, 0.15) is 22.6 Å². The van der Waals surface area contributed by atoms with Gasteiger partial charge in [-0.05, 0) is 49.4 Å². The zero-order valence-corrected chi connectivity index (χ0v) is 19.8. The van der Waals surface area contributed by atoms with Gasteiger partial charge < -0.3 is 4.98 Å². The number of rotatable bonds is 7. The Bertz CT molecular complexity index is 1500. The van der Waals surface area contributed by atoms with Crippen LogP contribution in [0.15, 0.2) is 67.1 Å². The molecule has 0 saturated carbocycles. The van der Waals surface area contributed by atoms with Crippen molar-refractivity contribution in [2.45, 2.75) is 32.6 Å².